The second-order valence-electron chi connectivity index (χ2n) is 9.31. The molecule has 0 bridgehead atoms. The third-order valence-electron chi connectivity index (χ3n) is 6.94. The number of rotatable bonds is 7. The van der Waals surface area contributed by atoms with Crippen molar-refractivity contribution < 1.29 is 9.59 Å². The molecule has 1 aliphatic heterocycles. The average Bonchev–Trinajstić information content (AvgIpc) is 3.45. The van der Waals surface area contributed by atoms with Crippen molar-refractivity contribution in [1.82, 2.24) is 19.4 Å². The summed E-state index contributed by atoms with van der Waals surface area (Å²) in [5.41, 5.74) is 3.98. The van der Waals surface area contributed by atoms with Gasteiger partial charge in [-0.15, -0.1) is 0 Å². The van der Waals surface area contributed by atoms with Crippen LogP contribution in [0.1, 0.15) is 42.3 Å². The topological polar surface area (TPSA) is 58.4 Å². The van der Waals surface area contributed by atoms with Crippen LogP contribution < -0.4 is 0 Å². The van der Waals surface area contributed by atoms with E-state index in [0.717, 1.165) is 28.0 Å². The van der Waals surface area contributed by atoms with Gasteiger partial charge in [0.15, 0.2) is 0 Å². The molecule has 178 valence electrons. The molecule has 6 heteroatoms. The van der Waals surface area contributed by atoms with E-state index in [2.05, 4.69) is 19.1 Å². The summed E-state index contributed by atoms with van der Waals surface area (Å²) in [5, 5.41) is 0. The maximum absolute atomic E-state index is 13.2. The molecular weight excluding hydrogens is 436 g/mol. The highest BCUT2D eigenvalue weighted by Gasteiger charge is 2.37. The normalized spacial score (nSPS) is 16.6. The first-order valence-corrected chi connectivity index (χ1v) is 12.1. The van der Waals surface area contributed by atoms with E-state index in [9.17, 15) is 9.59 Å². The predicted octanol–water partition coefficient (Wildman–Crippen LogP) is 4.77. The van der Waals surface area contributed by atoms with E-state index in [-0.39, 0.29) is 30.3 Å². The molecule has 0 aliphatic carbocycles. The summed E-state index contributed by atoms with van der Waals surface area (Å²) in [5.74, 6) is 0.881. The van der Waals surface area contributed by atoms with Gasteiger partial charge in [0.25, 0.3) is 0 Å². The number of likely N-dealkylation sites (N-methyl/N-ethyl adjacent to an activating group) is 1. The monoisotopic (exact) mass is 466 g/mol. The molecule has 0 N–H and O–H groups in total. The lowest BCUT2D eigenvalue weighted by molar-refractivity contribution is -0.131. The third-order valence-corrected chi connectivity index (χ3v) is 6.94. The van der Waals surface area contributed by atoms with Crippen LogP contribution >= 0.6 is 0 Å². The van der Waals surface area contributed by atoms with Crippen LogP contribution in [0.5, 0.6) is 0 Å². The molecule has 2 unspecified atom stereocenters. The Morgan fingerprint density at radius 3 is 2.40 bits per heavy atom. The fourth-order valence-electron chi connectivity index (χ4n) is 4.96. The van der Waals surface area contributed by atoms with Gasteiger partial charge in [-0.3, -0.25) is 9.59 Å². The van der Waals surface area contributed by atoms with E-state index in [1.807, 2.05) is 89.3 Å². The highest BCUT2D eigenvalue weighted by Crippen LogP contribution is 2.35. The Balaban J connectivity index is 1.40. The van der Waals surface area contributed by atoms with Crippen LogP contribution in [0.4, 0.5) is 0 Å². The van der Waals surface area contributed by atoms with E-state index in [1.54, 1.807) is 4.90 Å². The summed E-state index contributed by atoms with van der Waals surface area (Å²) < 4.78 is 2.01. The maximum atomic E-state index is 13.2. The predicted molar refractivity (Wildman–Crippen MR) is 137 cm³/mol. The van der Waals surface area contributed by atoms with Crippen molar-refractivity contribution in [1.29, 1.82) is 0 Å². The van der Waals surface area contributed by atoms with Gasteiger partial charge in [0, 0.05) is 32.5 Å². The minimum Gasteiger partial charge on any atom is -0.340 e. The Morgan fingerprint density at radius 2 is 1.66 bits per heavy atom. The minimum absolute atomic E-state index is 0.00911. The van der Waals surface area contributed by atoms with E-state index in [4.69, 9.17) is 4.98 Å². The van der Waals surface area contributed by atoms with Crippen LogP contribution in [0.3, 0.4) is 0 Å². The first-order chi connectivity index (χ1) is 17.0. The van der Waals surface area contributed by atoms with Crippen LogP contribution in [0.25, 0.3) is 11.0 Å². The van der Waals surface area contributed by atoms with E-state index < -0.39 is 0 Å². The Kier molecular flexibility index (Phi) is 6.36. The molecule has 0 spiro atoms. The summed E-state index contributed by atoms with van der Waals surface area (Å²) in [6.45, 7) is 3.40. The molecule has 2 amide bonds. The Labute approximate surface area is 205 Å². The van der Waals surface area contributed by atoms with Gasteiger partial charge in [0.1, 0.15) is 12.4 Å². The van der Waals surface area contributed by atoms with Crippen molar-refractivity contribution in [3.8, 4) is 0 Å². The lowest BCUT2D eigenvalue weighted by atomic mass is 10.1. The highest BCUT2D eigenvalue weighted by molar-refractivity contribution is 5.83. The van der Waals surface area contributed by atoms with Gasteiger partial charge in [-0.1, -0.05) is 72.8 Å². The maximum Gasteiger partial charge on any atom is 0.242 e. The Bertz CT molecular complexity index is 1330. The lowest BCUT2D eigenvalue weighted by Crippen LogP contribution is -2.31. The van der Waals surface area contributed by atoms with E-state index >= 15 is 0 Å². The molecule has 4 aromatic rings. The number of likely N-dealkylation sites (tertiary alicyclic amines) is 1. The first kappa shape index (κ1) is 22.8. The van der Waals surface area contributed by atoms with E-state index in [0.29, 0.717) is 19.5 Å². The highest BCUT2D eigenvalue weighted by atomic mass is 16.2. The number of hydrogen-bond acceptors (Lipinski definition) is 3. The quantitative estimate of drug-likeness (QED) is 0.394. The van der Waals surface area contributed by atoms with Gasteiger partial charge in [-0.2, -0.15) is 0 Å². The Hall–Kier alpha value is -3.93. The number of amides is 2. The lowest BCUT2D eigenvalue weighted by Gasteiger charge is -2.25. The van der Waals surface area contributed by atoms with Crippen molar-refractivity contribution >= 4 is 22.8 Å². The van der Waals surface area contributed by atoms with Crippen molar-refractivity contribution in [2.45, 2.75) is 38.4 Å². The molecule has 1 aliphatic rings. The van der Waals surface area contributed by atoms with Crippen LogP contribution in [-0.4, -0.2) is 44.8 Å². The molecule has 35 heavy (non-hydrogen) atoms. The zero-order chi connectivity index (χ0) is 24.4. The largest absolute Gasteiger partial charge is 0.340 e. The number of carbonyl (C=O) groups excluding carboxylic acids is 2. The molecule has 0 radical (unpaired) electrons. The molecule has 0 saturated carbocycles. The third kappa shape index (κ3) is 4.69. The second-order valence-corrected chi connectivity index (χ2v) is 9.31. The van der Waals surface area contributed by atoms with E-state index in [1.165, 1.54) is 0 Å². The smallest absolute Gasteiger partial charge is 0.242 e. The second kappa shape index (κ2) is 9.74. The number of imidazole rings is 1. The summed E-state index contributed by atoms with van der Waals surface area (Å²) >= 11 is 0. The van der Waals surface area contributed by atoms with Crippen molar-refractivity contribution in [2.75, 3.05) is 13.6 Å². The molecule has 3 aromatic carbocycles. The van der Waals surface area contributed by atoms with Crippen LogP contribution in [0.15, 0.2) is 84.9 Å². The van der Waals surface area contributed by atoms with Crippen LogP contribution in [0, 0.1) is 0 Å². The molecular formula is C29H30N4O2. The van der Waals surface area contributed by atoms with Gasteiger partial charge < -0.3 is 14.4 Å². The number of nitrogens with zero attached hydrogens (tertiary/aromatic N) is 4. The van der Waals surface area contributed by atoms with Gasteiger partial charge in [0.2, 0.25) is 11.8 Å². The standard InChI is InChI=1S/C29H30N4O2/c1-21(23-13-7-4-8-14-23)32-19-24(17-27(32)34)29-30-25-15-9-10-16-26(25)33(29)20-28(35)31(2)18-22-11-5-3-6-12-22/h3-16,21,24H,17-20H2,1-2H3. The van der Waals surface area contributed by atoms with Gasteiger partial charge >= 0.3 is 0 Å². The van der Waals surface area contributed by atoms with Crippen molar-refractivity contribution in [2.24, 2.45) is 0 Å². The first-order valence-electron chi connectivity index (χ1n) is 12.1. The summed E-state index contributed by atoms with van der Waals surface area (Å²) in [7, 11) is 1.83. The summed E-state index contributed by atoms with van der Waals surface area (Å²) in [6, 6.07) is 28.0. The summed E-state index contributed by atoms with van der Waals surface area (Å²) in [6.07, 6.45) is 0.397. The van der Waals surface area contributed by atoms with Crippen LogP contribution in [0.2, 0.25) is 0 Å². The number of para-hydroxylation sites is 2. The average molecular weight is 467 g/mol. The number of benzene rings is 3. The molecule has 6 nitrogen and oxygen atoms in total. The Morgan fingerprint density at radius 1 is 1.00 bits per heavy atom. The molecule has 1 aromatic heterocycles. The fourth-order valence-corrected chi connectivity index (χ4v) is 4.96. The SMILES string of the molecule is CC(c1ccccc1)N1CC(c2nc3ccccc3n2CC(=O)N(C)Cc2ccccc2)CC1=O. The number of fused-ring (bicyclic) bond motifs is 1. The number of aromatic nitrogens is 2. The minimum atomic E-state index is -0.0618. The molecule has 5 rings (SSSR count). The van der Waals surface area contributed by atoms with Crippen LogP contribution in [-0.2, 0) is 22.7 Å². The number of carbonyl (C=O) groups is 2. The molecule has 1 saturated heterocycles. The fraction of sp³-hybridized carbons (Fsp3) is 0.276. The zero-order valence-electron chi connectivity index (χ0n) is 20.2. The van der Waals surface area contributed by atoms with Gasteiger partial charge in [0.05, 0.1) is 17.1 Å². The van der Waals surface area contributed by atoms with Gasteiger partial charge in [-0.25, -0.2) is 4.98 Å². The van der Waals surface area contributed by atoms with Crippen molar-refractivity contribution in [3.05, 3.63) is 102 Å². The zero-order valence-corrected chi connectivity index (χ0v) is 20.2. The van der Waals surface area contributed by atoms with Gasteiger partial charge in [-0.05, 0) is 30.2 Å². The molecule has 2 atom stereocenters. The summed E-state index contributed by atoms with van der Waals surface area (Å²) in [4.78, 5) is 34.9. The molecule has 1 fully saturated rings. The van der Waals surface area contributed by atoms with Crippen molar-refractivity contribution in [3.63, 3.8) is 0 Å². The number of hydrogen-bond donors (Lipinski definition) is 0. The molecule has 2 heterocycles.